The van der Waals surface area contributed by atoms with E-state index in [0.717, 1.165) is 11.1 Å². The second-order valence-electron chi connectivity index (χ2n) is 3.09. The standard InChI is InChI=1S/C13H15N/c1-3-5-12(8-9-14)13-7-4-6-11(2)10-13/h3-10H,1,14H2,2H3/b9-8-,12-5+. The first kappa shape index (κ1) is 10.3. The highest BCUT2D eigenvalue weighted by molar-refractivity contribution is 5.75. The van der Waals surface area contributed by atoms with E-state index in [4.69, 9.17) is 5.73 Å². The van der Waals surface area contributed by atoms with E-state index in [2.05, 4.69) is 31.7 Å². The van der Waals surface area contributed by atoms with Crippen LogP contribution >= 0.6 is 0 Å². The summed E-state index contributed by atoms with van der Waals surface area (Å²) >= 11 is 0. The Balaban J connectivity index is 3.11. The zero-order valence-electron chi connectivity index (χ0n) is 8.40. The number of hydrogen-bond donors (Lipinski definition) is 1. The van der Waals surface area contributed by atoms with E-state index in [1.807, 2.05) is 18.2 Å². The summed E-state index contributed by atoms with van der Waals surface area (Å²) in [7, 11) is 0. The topological polar surface area (TPSA) is 26.0 Å². The number of allylic oxidation sites excluding steroid dienone is 4. The molecule has 0 saturated carbocycles. The summed E-state index contributed by atoms with van der Waals surface area (Å²) in [6, 6.07) is 8.28. The zero-order valence-corrected chi connectivity index (χ0v) is 8.40. The average molecular weight is 185 g/mol. The molecule has 0 radical (unpaired) electrons. The highest BCUT2D eigenvalue weighted by Crippen LogP contribution is 2.16. The van der Waals surface area contributed by atoms with E-state index < -0.39 is 0 Å². The third-order valence-electron chi connectivity index (χ3n) is 1.92. The van der Waals surface area contributed by atoms with E-state index in [1.165, 1.54) is 11.8 Å². The van der Waals surface area contributed by atoms with Crippen molar-refractivity contribution in [3.05, 3.63) is 66.4 Å². The molecule has 0 amide bonds. The van der Waals surface area contributed by atoms with Crippen molar-refractivity contribution in [2.24, 2.45) is 5.73 Å². The molecule has 0 aliphatic heterocycles. The van der Waals surface area contributed by atoms with Crippen LogP contribution < -0.4 is 5.73 Å². The molecule has 0 unspecified atom stereocenters. The molecule has 0 aliphatic rings. The fourth-order valence-electron chi connectivity index (χ4n) is 1.30. The Bertz CT molecular complexity index is 373. The van der Waals surface area contributed by atoms with Crippen molar-refractivity contribution >= 4 is 5.57 Å². The van der Waals surface area contributed by atoms with Crippen LogP contribution in [-0.4, -0.2) is 0 Å². The van der Waals surface area contributed by atoms with Crippen molar-refractivity contribution in [1.29, 1.82) is 0 Å². The van der Waals surface area contributed by atoms with E-state index in [0.29, 0.717) is 0 Å². The van der Waals surface area contributed by atoms with Gasteiger partial charge in [0.05, 0.1) is 0 Å². The van der Waals surface area contributed by atoms with Crippen LogP contribution in [0.4, 0.5) is 0 Å². The first-order valence-electron chi connectivity index (χ1n) is 4.56. The number of aryl methyl sites for hydroxylation is 1. The molecule has 0 heterocycles. The summed E-state index contributed by atoms with van der Waals surface area (Å²) in [5.41, 5.74) is 8.85. The van der Waals surface area contributed by atoms with Gasteiger partial charge in [0.1, 0.15) is 0 Å². The minimum atomic E-state index is 1.08. The van der Waals surface area contributed by atoms with Crippen LogP contribution in [0.15, 0.2) is 55.3 Å². The van der Waals surface area contributed by atoms with Crippen molar-refractivity contribution in [1.82, 2.24) is 0 Å². The Kier molecular flexibility index (Phi) is 3.74. The molecule has 0 spiro atoms. The van der Waals surface area contributed by atoms with Crippen molar-refractivity contribution in [2.45, 2.75) is 6.92 Å². The molecule has 0 aromatic heterocycles. The molecule has 0 saturated heterocycles. The van der Waals surface area contributed by atoms with Gasteiger partial charge in [0.2, 0.25) is 0 Å². The summed E-state index contributed by atoms with van der Waals surface area (Å²) in [5.74, 6) is 0. The quantitative estimate of drug-likeness (QED) is 0.720. The third kappa shape index (κ3) is 2.63. The lowest BCUT2D eigenvalue weighted by molar-refractivity contribution is 1.45. The second-order valence-corrected chi connectivity index (χ2v) is 3.09. The number of rotatable bonds is 3. The molecule has 1 rings (SSSR count). The van der Waals surface area contributed by atoms with Crippen LogP contribution in [0.2, 0.25) is 0 Å². The summed E-state index contributed by atoms with van der Waals surface area (Å²) in [6.45, 7) is 5.75. The maximum absolute atomic E-state index is 5.38. The molecule has 0 aliphatic carbocycles. The predicted molar refractivity (Wildman–Crippen MR) is 62.7 cm³/mol. The van der Waals surface area contributed by atoms with Crippen LogP contribution in [0.1, 0.15) is 11.1 Å². The Labute approximate surface area is 85.3 Å². The van der Waals surface area contributed by atoms with Crippen LogP contribution in [-0.2, 0) is 0 Å². The molecule has 14 heavy (non-hydrogen) atoms. The molecular weight excluding hydrogens is 170 g/mol. The van der Waals surface area contributed by atoms with Gasteiger partial charge in [-0.25, -0.2) is 0 Å². The Morgan fingerprint density at radius 1 is 1.43 bits per heavy atom. The van der Waals surface area contributed by atoms with Crippen LogP contribution in [0.3, 0.4) is 0 Å². The van der Waals surface area contributed by atoms with Gasteiger partial charge in [-0.2, -0.15) is 0 Å². The molecule has 0 atom stereocenters. The third-order valence-corrected chi connectivity index (χ3v) is 1.92. The normalized spacial score (nSPS) is 11.9. The molecule has 1 nitrogen and oxygen atoms in total. The molecule has 1 aromatic rings. The summed E-state index contributed by atoms with van der Waals surface area (Å²) in [5, 5.41) is 0. The van der Waals surface area contributed by atoms with Gasteiger partial charge in [0.15, 0.2) is 0 Å². The maximum Gasteiger partial charge on any atom is -0.00561 e. The van der Waals surface area contributed by atoms with E-state index >= 15 is 0 Å². The maximum atomic E-state index is 5.38. The lowest BCUT2D eigenvalue weighted by Crippen LogP contribution is -1.84. The van der Waals surface area contributed by atoms with Crippen molar-refractivity contribution in [3.63, 3.8) is 0 Å². The first-order chi connectivity index (χ1) is 6.77. The first-order valence-corrected chi connectivity index (χ1v) is 4.56. The Morgan fingerprint density at radius 2 is 2.21 bits per heavy atom. The van der Waals surface area contributed by atoms with Gasteiger partial charge in [-0.15, -0.1) is 0 Å². The van der Waals surface area contributed by atoms with E-state index in [1.54, 1.807) is 6.08 Å². The largest absolute Gasteiger partial charge is 0.405 e. The smallest absolute Gasteiger partial charge is 0.00561 e. The van der Waals surface area contributed by atoms with Gasteiger partial charge in [0.25, 0.3) is 0 Å². The highest BCUT2D eigenvalue weighted by atomic mass is 14.5. The number of benzene rings is 1. The molecule has 0 bridgehead atoms. The molecule has 1 heteroatoms. The summed E-state index contributed by atoms with van der Waals surface area (Å²) in [6.07, 6.45) is 7.12. The zero-order chi connectivity index (χ0) is 10.4. The van der Waals surface area contributed by atoms with E-state index in [9.17, 15) is 0 Å². The number of hydrogen-bond acceptors (Lipinski definition) is 1. The fraction of sp³-hybridized carbons (Fsp3) is 0.0769. The van der Waals surface area contributed by atoms with Crippen molar-refractivity contribution < 1.29 is 0 Å². The molecule has 0 fully saturated rings. The van der Waals surface area contributed by atoms with Gasteiger partial charge in [0, 0.05) is 0 Å². The average Bonchev–Trinajstić information content (AvgIpc) is 2.17. The second kappa shape index (κ2) is 5.07. The van der Waals surface area contributed by atoms with E-state index in [-0.39, 0.29) is 0 Å². The van der Waals surface area contributed by atoms with Crippen LogP contribution in [0.25, 0.3) is 5.57 Å². The summed E-state index contributed by atoms with van der Waals surface area (Å²) in [4.78, 5) is 0. The Morgan fingerprint density at radius 3 is 2.79 bits per heavy atom. The molecule has 2 N–H and O–H groups in total. The SMILES string of the molecule is C=C/C=C(\C=C/N)c1cccc(C)c1. The number of nitrogens with two attached hydrogens (primary N) is 1. The van der Waals surface area contributed by atoms with Gasteiger partial charge < -0.3 is 5.73 Å². The molecule has 72 valence electrons. The van der Waals surface area contributed by atoms with Gasteiger partial charge in [-0.3, -0.25) is 0 Å². The monoisotopic (exact) mass is 185 g/mol. The fourth-order valence-corrected chi connectivity index (χ4v) is 1.30. The highest BCUT2D eigenvalue weighted by Gasteiger charge is 1.96. The van der Waals surface area contributed by atoms with Gasteiger partial charge in [-0.1, -0.05) is 48.6 Å². The minimum Gasteiger partial charge on any atom is -0.405 e. The van der Waals surface area contributed by atoms with Crippen LogP contribution in [0, 0.1) is 6.92 Å². The lowest BCUT2D eigenvalue weighted by Gasteiger charge is -2.02. The van der Waals surface area contributed by atoms with Crippen molar-refractivity contribution in [3.8, 4) is 0 Å². The predicted octanol–water partition coefficient (Wildman–Crippen LogP) is 3.04. The molecule has 1 aromatic carbocycles. The van der Waals surface area contributed by atoms with Gasteiger partial charge >= 0.3 is 0 Å². The Hall–Kier alpha value is -1.76. The van der Waals surface area contributed by atoms with Gasteiger partial charge in [-0.05, 0) is 30.3 Å². The minimum absolute atomic E-state index is 1.08. The van der Waals surface area contributed by atoms with Crippen LogP contribution in [0.5, 0.6) is 0 Å². The lowest BCUT2D eigenvalue weighted by atomic mass is 10.0. The molecular formula is C13H15N. The summed E-state index contributed by atoms with van der Waals surface area (Å²) < 4.78 is 0. The van der Waals surface area contributed by atoms with Crippen molar-refractivity contribution in [2.75, 3.05) is 0 Å².